The molecule has 2 heterocycles. The van der Waals surface area contributed by atoms with Gasteiger partial charge in [0, 0.05) is 6.20 Å². The quantitative estimate of drug-likeness (QED) is 0.869. The molecule has 2 aliphatic carbocycles. The number of H-pyrrole nitrogens is 2. The van der Waals surface area contributed by atoms with E-state index in [1.165, 1.54) is 50.4 Å². The summed E-state index contributed by atoms with van der Waals surface area (Å²) in [7, 11) is 0. The van der Waals surface area contributed by atoms with Crippen molar-refractivity contribution < 1.29 is 0 Å². The Labute approximate surface area is 111 Å². The molecule has 2 aromatic rings. The van der Waals surface area contributed by atoms with E-state index < -0.39 is 0 Å². The van der Waals surface area contributed by atoms with Gasteiger partial charge >= 0.3 is 0 Å². The van der Waals surface area contributed by atoms with Crippen molar-refractivity contribution in [2.24, 2.45) is 11.3 Å². The molecule has 4 nitrogen and oxygen atoms in total. The van der Waals surface area contributed by atoms with Crippen LogP contribution in [0.4, 0.5) is 0 Å². The van der Waals surface area contributed by atoms with Crippen molar-refractivity contribution in [1.29, 1.82) is 0 Å². The van der Waals surface area contributed by atoms with Crippen LogP contribution in [-0.2, 0) is 6.42 Å². The summed E-state index contributed by atoms with van der Waals surface area (Å²) in [5, 5.41) is 0. The summed E-state index contributed by atoms with van der Waals surface area (Å²) in [5.74, 6) is 0.954. The highest BCUT2D eigenvalue weighted by Gasteiger charge is 2.42. The maximum absolute atomic E-state index is 11.7. The van der Waals surface area contributed by atoms with Crippen LogP contribution in [0.2, 0.25) is 0 Å². The van der Waals surface area contributed by atoms with E-state index in [0.717, 1.165) is 17.9 Å². The Bertz CT molecular complexity index is 667. The predicted molar refractivity (Wildman–Crippen MR) is 74.0 cm³/mol. The van der Waals surface area contributed by atoms with Crippen molar-refractivity contribution in [1.82, 2.24) is 15.0 Å². The molecule has 0 saturated heterocycles. The van der Waals surface area contributed by atoms with Gasteiger partial charge in [0.1, 0.15) is 5.52 Å². The van der Waals surface area contributed by atoms with Crippen LogP contribution in [0.5, 0.6) is 0 Å². The van der Waals surface area contributed by atoms with Gasteiger partial charge in [-0.1, -0.05) is 12.8 Å². The smallest absolute Gasteiger partial charge is 0.275 e. The fraction of sp³-hybridized carbons (Fsp3) is 0.600. The van der Waals surface area contributed by atoms with Gasteiger partial charge in [-0.25, -0.2) is 4.98 Å². The lowest BCUT2D eigenvalue weighted by Gasteiger charge is -2.33. The summed E-state index contributed by atoms with van der Waals surface area (Å²) in [6, 6.07) is 0. The summed E-state index contributed by atoms with van der Waals surface area (Å²) in [4.78, 5) is 21.8. The third kappa shape index (κ3) is 1.73. The molecule has 100 valence electrons. The highest BCUT2D eigenvalue weighted by molar-refractivity contribution is 5.77. The highest BCUT2D eigenvalue weighted by Crippen LogP contribution is 2.53. The maximum atomic E-state index is 11.7. The molecule has 0 radical (unpaired) electrons. The lowest BCUT2D eigenvalue weighted by Crippen LogP contribution is -2.23. The molecule has 0 aromatic carbocycles. The molecule has 0 amide bonds. The van der Waals surface area contributed by atoms with E-state index in [0.29, 0.717) is 10.9 Å². The van der Waals surface area contributed by atoms with Crippen LogP contribution in [0.3, 0.4) is 0 Å². The monoisotopic (exact) mass is 257 g/mol. The highest BCUT2D eigenvalue weighted by atomic mass is 16.1. The van der Waals surface area contributed by atoms with Crippen LogP contribution in [0, 0.1) is 11.3 Å². The number of fused-ring (bicyclic) bond motifs is 3. The van der Waals surface area contributed by atoms with E-state index in [-0.39, 0.29) is 5.56 Å². The second-order valence-electron chi connectivity index (χ2n) is 6.45. The van der Waals surface area contributed by atoms with E-state index in [4.69, 9.17) is 0 Å². The molecule has 4 heteroatoms. The van der Waals surface area contributed by atoms with Crippen LogP contribution in [-0.4, -0.2) is 15.0 Å². The van der Waals surface area contributed by atoms with Gasteiger partial charge in [0.25, 0.3) is 5.56 Å². The number of nitrogens with zero attached hydrogens (tertiary/aromatic N) is 1. The maximum Gasteiger partial charge on any atom is 0.275 e. The molecule has 2 aromatic heterocycles. The summed E-state index contributed by atoms with van der Waals surface area (Å²) in [6.07, 6.45) is 12.9. The van der Waals surface area contributed by atoms with Crippen molar-refractivity contribution in [2.75, 3.05) is 0 Å². The molecule has 2 bridgehead atoms. The molecule has 4 rings (SSSR count). The van der Waals surface area contributed by atoms with Crippen LogP contribution < -0.4 is 5.56 Å². The van der Waals surface area contributed by atoms with Crippen molar-refractivity contribution in [3.8, 4) is 0 Å². The van der Waals surface area contributed by atoms with Gasteiger partial charge in [0.15, 0.2) is 0 Å². The van der Waals surface area contributed by atoms with E-state index in [9.17, 15) is 4.79 Å². The molecule has 2 atom stereocenters. The number of hydrogen-bond acceptors (Lipinski definition) is 2. The van der Waals surface area contributed by atoms with Crippen molar-refractivity contribution in [3.63, 3.8) is 0 Å². The molecule has 2 saturated carbocycles. The van der Waals surface area contributed by atoms with Crippen molar-refractivity contribution in [3.05, 3.63) is 28.4 Å². The van der Waals surface area contributed by atoms with Gasteiger partial charge < -0.3 is 9.97 Å². The molecule has 19 heavy (non-hydrogen) atoms. The van der Waals surface area contributed by atoms with Crippen LogP contribution >= 0.6 is 0 Å². The third-order valence-corrected chi connectivity index (χ3v) is 5.24. The fourth-order valence-corrected chi connectivity index (χ4v) is 4.36. The topological polar surface area (TPSA) is 61.5 Å². The van der Waals surface area contributed by atoms with Crippen molar-refractivity contribution >= 4 is 11.0 Å². The van der Waals surface area contributed by atoms with E-state index in [1.807, 2.05) is 6.20 Å². The lowest BCUT2D eigenvalue weighted by atomic mass is 9.72. The van der Waals surface area contributed by atoms with E-state index in [2.05, 4.69) is 15.0 Å². The lowest BCUT2D eigenvalue weighted by molar-refractivity contribution is 0.210. The summed E-state index contributed by atoms with van der Waals surface area (Å²) < 4.78 is 0. The zero-order valence-electron chi connectivity index (χ0n) is 11.0. The first kappa shape index (κ1) is 11.3. The molecule has 2 aliphatic rings. The molecule has 0 spiro atoms. The molecular formula is C15H19N3O. The van der Waals surface area contributed by atoms with Gasteiger partial charge in [-0.15, -0.1) is 0 Å². The Balaban J connectivity index is 1.72. The number of nitrogens with one attached hydrogen (secondary N) is 2. The summed E-state index contributed by atoms with van der Waals surface area (Å²) >= 11 is 0. The minimum Gasteiger partial charge on any atom is -0.355 e. The normalized spacial score (nSPS) is 30.0. The predicted octanol–water partition coefficient (Wildman–Crippen LogP) is 2.76. The summed E-state index contributed by atoms with van der Waals surface area (Å²) in [6.45, 7) is 0. The molecular weight excluding hydrogens is 238 g/mol. The Morgan fingerprint density at radius 1 is 1.32 bits per heavy atom. The largest absolute Gasteiger partial charge is 0.355 e. The molecule has 2 fully saturated rings. The number of hydrogen-bond donors (Lipinski definition) is 2. The van der Waals surface area contributed by atoms with Gasteiger partial charge in [-0.05, 0) is 49.0 Å². The second kappa shape index (κ2) is 3.95. The number of aromatic amines is 2. The second-order valence-corrected chi connectivity index (χ2v) is 6.45. The number of aromatic nitrogens is 3. The zero-order valence-corrected chi connectivity index (χ0v) is 11.0. The fourth-order valence-electron chi connectivity index (χ4n) is 4.36. The minimum atomic E-state index is -0.0679. The van der Waals surface area contributed by atoms with Crippen molar-refractivity contribution in [2.45, 2.75) is 44.9 Å². The molecule has 0 aliphatic heterocycles. The third-order valence-electron chi connectivity index (χ3n) is 5.24. The first-order valence-corrected chi connectivity index (χ1v) is 7.29. The number of rotatable bonds is 2. The average Bonchev–Trinajstić information content (AvgIpc) is 2.94. The Morgan fingerprint density at radius 3 is 3.21 bits per heavy atom. The molecule has 2 unspecified atom stereocenters. The zero-order chi connectivity index (χ0) is 12.9. The van der Waals surface area contributed by atoms with Crippen LogP contribution in [0.25, 0.3) is 11.0 Å². The van der Waals surface area contributed by atoms with Crippen LogP contribution in [0.1, 0.15) is 44.1 Å². The SMILES string of the molecule is O=c1[nH]cnc2c(CC34CCCC(CC3)C4)c[nH]c12. The Morgan fingerprint density at radius 2 is 2.26 bits per heavy atom. The van der Waals surface area contributed by atoms with Gasteiger partial charge in [-0.2, -0.15) is 0 Å². The van der Waals surface area contributed by atoms with E-state index in [1.54, 1.807) is 0 Å². The molecule has 2 N–H and O–H groups in total. The Hall–Kier alpha value is -1.58. The first-order valence-electron chi connectivity index (χ1n) is 7.29. The standard InChI is InChI=1S/C15H19N3O/c19-14-13-12(17-9-18-14)11(8-16-13)7-15-4-1-2-10(6-15)3-5-15/h8-10,16H,1-7H2,(H,17,18,19). The van der Waals surface area contributed by atoms with Gasteiger partial charge in [-0.3, -0.25) is 4.79 Å². The summed E-state index contributed by atoms with van der Waals surface area (Å²) in [5.41, 5.74) is 3.14. The van der Waals surface area contributed by atoms with E-state index >= 15 is 0 Å². The van der Waals surface area contributed by atoms with Gasteiger partial charge in [0.2, 0.25) is 0 Å². The Kier molecular flexibility index (Phi) is 2.34. The van der Waals surface area contributed by atoms with Crippen LogP contribution in [0.15, 0.2) is 17.3 Å². The minimum absolute atomic E-state index is 0.0679. The first-order chi connectivity index (χ1) is 9.26. The van der Waals surface area contributed by atoms with Gasteiger partial charge in [0.05, 0.1) is 11.8 Å². The average molecular weight is 257 g/mol.